The zero-order valence-corrected chi connectivity index (χ0v) is 20.8. The molecule has 0 bridgehead atoms. The summed E-state index contributed by atoms with van der Waals surface area (Å²) in [6.07, 6.45) is 2.64. The van der Waals surface area contributed by atoms with Crippen molar-refractivity contribution in [2.45, 2.75) is 43.5 Å². The van der Waals surface area contributed by atoms with Gasteiger partial charge in [-0.1, -0.05) is 18.2 Å². The average Bonchev–Trinajstić information content (AvgIpc) is 3.66. The summed E-state index contributed by atoms with van der Waals surface area (Å²) in [5.41, 5.74) is 2.84. The van der Waals surface area contributed by atoms with Crippen LogP contribution in [0.25, 0.3) is 0 Å². The van der Waals surface area contributed by atoms with Gasteiger partial charge >= 0.3 is 0 Å². The molecule has 1 atom stereocenters. The van der Waals surface area contributed by atoms with Gasteiger partial charge in [-0.3, -0.25) is 9.59 Å². The lowest BCUT2D eigenvalue weighted by Gasteiger charge is -2.36. The molecule has 1 N–H and O–H groups in total. The van der Waals surface area contributed by atoms with Crippen molar-refractivity contribution in [1.29, 1.82) is 0 Å². The van der Waals surface area contributed by atoms with Gasteiger partial charge in [0, 0.05) is 62.5 Å². The Labute approximate surface area is 206 Å². The zero-order chi connectivity index (χ0) is 24.6. The van der Waals surface area contributed by atoms with E-state index in [1.165, 1.54) is 0 Å². The highest BCUT2D eigenvalue weighted by molar-refractivity contribution is 7.89. The van der Waals surface area contributed by atoms with Crippen molar-refractivity contribution in [2.75, 3.05) is 42.5 Å². The maximum Gasteiger partial charge on any atom is 0.240 e. The zero-order valence-electron chi connectivity index (χ0n) is 20.0. The molecule has 0 aromatic heterocycles. The summed E-state index contributed by atoms with van der Waals surface area (Å²) in [6, 6.07) is 15.1. The lowest BCUT2D eigenvalue weighted by molar-refractivity contribution is -0.131. The standard InChI is InChI=1S/C26H32N4O4S/c1-19-17-21-18-23(9-10-24(21)30(19)26(32)20-7-8-20)35(33,34)27-12-11-25(31)29-15-13-28(14-16-29)22-5-3-2-4-6-22/h2-6,9-10,18-20,27H,7-8,11-17H2,1H3. The van der Waals surface area contributed by atoms with Crippen LogP contribution in [0.5, 0.6) is 0 Å². The Balaban J connectivity index is 1.14. The van der Waals surface area contributed by atoms with Crippen LogP contribution >= 0.6 is 0 Å². The van der Waals surface area contributed by atoms with Crippen LogP contribution in [0.2, 0.25) is 0 Å². The van der Waals surface area contributed by atoms with Crippen LogP contribution in [0.3, 0.4) is 0 Å². The van der Waals surface area contributed by atoms with E-state index in [4.69, 9.17) is 0 Å². The third-order valence-corrected chi connectivity index (χ3v) is 8.58. The van der Waals surface area contributed by atoms with E-state index in [0.717, 1.165) is 42.9 Å². The van der Waals surface area contributed by atoms with Gasteiger partial charge in [-0.15, -0.1) is 0 Å². The topological polar surface area (TPSA) is 90.0 Å². The molecule has 2 amide bonds. The Morgan fingerprint density at radius 2 is 1.71 bits per heavy atom. The fourth-order valence-corrected chi connectivity index (χ4v) is 6.11. The Morgan fingerprint density at radius 3 is 2.40 bits per heavy atom. The molecule has 2 aliphatic heterocycles. The predicted octanol–water partition coefficient (Wildman–Crippen LogP) is 2.39. The van der Waals surface area contributed by atoms with Crippen LogP contribution < -0.4 is 14.5 Å². The van der Waals surface area contributed by atoms with Gasteiger partial charge in [-0.2, -0.15) is 0 Å². The highest BCUT2D eigenvalue weighted by Crippen LogP contribution is 2.39. The molecule has 0 radical (unpaired) electrons. The molecule has 186 valence electrons. The molecule has 35 heavy (non-hydrogen) atoms. The second kappa shape index (κ2) is 9.62. The molecule has 2 aromatic carbocycles. The number of rotatable bonds is 7. The first-order chi connectivity index (χ1) is 16.8. The summed E-state index contributed by atoms with van der Waals surface area (Å²) in [5, 5.41) is 0. The average molecular weight is 497 g/mol. The van der Waals surface area contributed by atoms with Gasteiger partial charge in [-0.05, 0) is 62.1 Å². The molecule has 5 rings (SSSR count). The molecule has 2 aromatic rings. The third-order valence-electron chi connectivity index (χ3n) is 7.13. The number of para-hydroxylation sites is 1. The quantitative estimate of drug-likeness (QED) is 0.636. The fourth-order valence-electron chi connectivity index (χ4n) is 5.02. The number of nitrogens with one attached hydrogen (secondary N) is 1. The maximum absolute atomic E-state index is 12.9. The van der Waals surface area contributed by atoms with E-state index in [2.05, 4.69) is 21.8 Å². The summed E-state index contributed by atoms with van der Waals surface area (Å²) in [6.45, 7) is 4.82. The number of benzene rings is 2. The minimum Gasteiger partial charge on any atom is -0.368 e. The number of fused-ring (bicyclic) bond motifs is 1. The minimum absolute atomic E-state index is 0.0315. The lowest BCUT2D eigenvalue weighted by atomic mass is 10.1. The third kappa shape index (κ3) is 5.06. The summed E-state index contributed by atoms with van der Waals surface area (Å²) in [7, 11) is -3.74. The van der Waals surface area contributed by atoms with E-state index in [1.54, 1.807) is 23.1 Å². The second-order valence-corrected chi connectivity index (χ2v) is 11.4. The highest BCUT2D eigenvalue weighted by atomic mass is 32.2. The van der Waals surface area contributed by atoms with Gasteiger partial charge in [-0.25, -0.2) is 13.1 Å². The van der Waals surface area contributed by atoms with Gasteiger partial charge in [0.1, 0.15) is 0 Å². The molecule has 1 unspecified atom stereocenters. The molecule has 2 heterocycles. The first-order valence-corrected chi connectivity index (χ1v) is 13.9. The molecular weight excluding hydrogens is 464 g/mol. The predicted molar refractivity (Wildman–Crippen MR) is 135 cm³/mol. The first kappa shape index (κ1) is 23.8. The van der Waals surface area contributed by atoms with Crippen molar-refractivity contribution in [3.63, 3.8) is 0 Å². The smallest absolute Gasteiger partial charge is 0.240 e. The van der Waals surface area contributed by atoms with E-state index in [1.807, 2.05) is 30.0 Å². The number of carbonyl (C=O) groups is 2. The molecule has 2 fully saturated rings. The number of hydrogen-bond donors (Lipinski definition) is 1. The number of piperazine rings is 1. The van der Waals surface area contributed by atoms with Crippen LogP contribution in [0.4, 0.5) is 11.4 Å². The van der Waals surface area contributed by atoms with Crippen LogP contribution in [-0.4, -0.2) is 63.9 Å². The minimum atomic E-state index is -3.74. The Hall–Kier alpha value is -2.91. The SMILES string of the molecule is CC1Cc2cc(S(=O)(=O)NCCC(=O)N3CCN(c4ccccc4)CC3)ccc2N1C(=O)C1CC1. The molecule has 1 saturated heterocycles. The van der Waals surface area contributed by atoms with Gasteiger partial charge in [0.05, 0.1) is 4.90 Å². The Morgan fingerprint density at radius 1 is 1.00 bits per heavy atom. The molecule has 9 heteroatoms. The molecule has 1 saturated carbocycles. The molecule has 0 spiro atoms. The van der Waals surface area contributed by atoms with Crippen LogP contribution in [0, 0.1) is 5.92 Å². The van der Waals surface area contributed by atoms with Gasteiger partial charge in [0.2, 0.25) is 21.8 Å². The highest BCUT2D eigenvalue weighted by Gasteiger charge is 2.39. The van der Waals surface area contributed by atoms with E-state index in [9.17, 15) is 18.0 Å². The number of sulfonamides is 1. The van der Waals surface area contributed by atoms with E-state index >= 15 is 0 Å². The van der Waals surface area contributed by atoms with E-state index in [-0.39, 0.29) is 41.6 Å². The van der Waals surface area contributed by atoms with E-state index in [0.29, 0.717) is 19.5 Å². The molecule has 3 aliphatic rings. The van der Waals surface area contributed by atoms with Gasteiger partial charge < -0.3 is 14.7 Å². The summed E-state index contributed by atoms with van der Waals surface area (Å²) in [5.74, 6) is 0.220. The Kier molecular flexibility index (Phi) is 6.55. The normalized spacial score (nSPS) is 20.1. The molecule has 8 nitrogen and oxygen atoms in total. The Bertz CT molecular complexity index is 1210. The van der Waals surface area contributed by atoms with Gasteiger partial charge in [0.25, 0.3) is 0 Å². The fraction of sp³-hybridized carbons (Fsp3) is 0.462. The number of hydrogen-bond acceptors (Lipinski definition) is 5. The molecular formula is C26H32N4O4S. The van der Waals surface area contributed by atoms with Crippen LogP contribution in [-0.2, 0) is 26.0 Å². The lowest BCUT2D eigenvalue weighted by Crippen LogP contribution is -2.49. The van der Waals surface area contributed by atoms with Crippen molar-refractivity contribution >= 4 is 33.2 Å². The van der Waals surface area contributed by atoms with Crippen molar-refractivity contribution in [3.8, 4) is 0 Å². The first-order valence-electron chi connectivity index (χ1n) is 12.4. The van der Waals surface area contributed by atoms with Crippen molar-refractivity contribution in [3.05, 3.63) is 54.1 Å². The maximum atomic E-state index is 12.9. The summed E-state index contributed by atoms with van der Waals surface area (Å²) < 4.78 is 28.3. The van der Waals surface area contributed by atoms with Crippen molar-refractivity contribution < 1.29 is 18.0 Å². The van der Waals surface area contributed by atoms with Crippen LogP contribution in [0.15, 0.2) is 53.4 Å². The summed E-state index contributed by atoms with van der Waals surface area (Å²) >= 11 is 0. The van der Waals surface area contributed by atoms with Crippen molar-refractivity contribution in [2.24, 2.45) is 5.92 Å². The van der Waals surface area contributed by atoms with Gasteiger partial charge in [0.15, 0.2) is 0 Å². The number of nitrogens with zero attached hydrogens (tertiary/aromatic N) is 3. The number of carbonyl (C=O) groups excluding carboxylic acids is 2. The largest absolute Gasteiger partial charge is 0.368 e. The summed E-state index contributed by atoms with van der Waals surface area (Å²) in [4.78, 5) is 31.3. The van der Waals surface area contributed by atoms with Crippen molar-refractivity contribution in [1.82, 2.24) is 9.62 Å². The van der Waals surface area contributed by atoms with Crippen LogP contribution in [0.1, 0.15) is 31.7 Å². The number of anilines is 2. The molecule has 1 aliphatic carbocycles. The second-order valence-electron chi connectivity index (χ2n) is 9.68. The number of amides is 2. The van der Waals surface area contributed by atoms with E-state index < -0.39 is 10.0 Å². The monoisotopic (exact) mass is 496 g/mol.